The summed E-state index contributed by atoms with van der Waals surface area (Å²) < 4.78 is 0. The van der Waals surface area contributed by atoms with Gasteiger partial charge in [0.05, 0.1) is 17.5 Å². The fourth-order valence-electron chi connectivity index (χ4n) is 0.999. The Morgan fingerprint density at radius 3 is 2.55 bits per heavy atom. The zero-order chi connectivity index (χ0) is 8.27. The average Bonchev–Trinajstić information content (AvgIpc) is 2.04. The molecule has 0 aliphatic rings. The maximum atomic E-state index is 9.23. The standard InChI is InChI=1S/C8H12N2O/c1-3-7-8(6(2)11)10-5-4-9-7/h4-6,11H,3H2,1-2H3. The van der Waals surface area contributed by atoms with E-state index in [2.05, 4.69) is 9.97 Å². The first-order valence-corrected chi connectivity index (χ1v) is 3.73. The smallest absolute Gasteiger partial charge is 0.0950 e. The normalized spacial score (nSPS) is 13.0. The molecule has 0 aliphatic carbocycles. The van der Waals surface area contributed by atoms with Gasteiger partial charge in [0.2, 0.25) is 0 Å². The molecule has 0 fully saturated rings. The van der Waals surface area contributed by atoms with E-state index in [1.807, 2.05) is 6.92 Å². The molecule has 0 bridgehead atoms. The predicted molar refractivity (Wildman–Crippen MR) is 42.0 cm³/mol. The van der Waals surface area contributed by atoms with E-state index in [9.17, 15) is 5.11 Å². The molecule has 11 heavy (non-hydrogen) atoms. The third-order valence-electron chi connectivity index (χ3n) is 1.54. The fourth-order valence-corrected chi connectivity index (χ4v) is 0.999. The highest BCUT2D eigenvalue weighted by molar-refractivity contribution is 5.12. The van der Waals surface area contributed by atoms with Crippen LogP contribution in [0.15, 0.2) is 12.4 Å². The molecule has 1 aromatic heterocycles. The summed E-state index contributed by atoms with van der Waals surface area (Å²) in [4.78, 5) is 8.13. The van der Waals surface area contributed by atoms with E-state index in [4.69, 9.17) is 0 Å². The van der Waals surface area contributed by atoms with Gasteiger partial charge in [-0.3, -0.25) is 9.97 Å². The Bertz CT molecular complexity index is 235. The molecule has 1 heterocycles. The maximum Gasteiger partial charge on any atom is 0.0950 e. The van der Waals surface area contributed by atoms with Crippen molar-refractivity contribution in [2.45, 2.75) is 26.4 Å². The molecule has 1 N–H and O–H groups in total. The van der Waals surface area contributed by atoms with E-state index in [1.165, 1.54) is 0 Å². The van der Waals surface area contributed by atoms with Crippen molar-refractivity contribution in [3.05, 3.63) is 23.8 Å². The molecule has 1 rings (SSSR count). The van der Waals surface area contributed by atoms with Crippen LogP contribution in [0.3, 0.4) is 0 Å². The molecule has 1 atom stereocenters. The van der Waals surface area contributed by atoms with Crippen LogP contribution >= 0.6 is 0 Å². The summed E-state index contributed by atoms with van der Waals surface area (Å²) in [7, 11) is 0. The van der Waals surface area contributed by atoms with Gasteiger partial charge in [-0.2, -0.15) is 0 Å². The van der Waals surface area contributed by atoms with Gasteiger partial charge in [0.1, 0.15) is 0 Å². The van der Waals surface area contributed by atoms with Crippen molar-refractivity contribution in [1.29, 1.82) is 0 Å². The van der Waals surface area contributed by atoms with Crippen molar-refractivity contribution in [3.63, 3.8) is 0 Å². The number of aryl methyl sites for hydroxylation is 1. The summed E-state index contributed by atoms with van der Waals surface area (Å²) in [6.45, 7) is 3.69. The topological polar surface area (TPSA) is 46.0 Å². The summed E-state index contributed by atoms with van der Waals surface area (Å²) in [6, 6.07) is 0. The molecule has 60 valence electrons. The van der Waals surface area contributed by atoms with Crippen LogP contribution in [0.2, 0.25) is 0 Å². The molecule has 0 aromatic carbocycles. The van der Waals surface area contributed by atoms with Crippen molar-refractivity contribution in [3.8, 4) is 0 Å². The minimum Gasteiger partial charge on any atom is -0.387 e. The van der Waals surface area contributed by atoms with Gasteiger partial charge in [-0.05, 0) is 13.3 Å². The van der Waals surface area contributed by atoms with Gasteiger partial charge in [-0.1, -0.05) is 6.92 Å². The first-order valence-electron chi connectivity index (χ1n) is 3.73. The van der Waals surface area contributed by atoms with Crippen molar-refractivity contribution >= 4 is 0 Å². The lowest BCUT2D eigenvalue weighted by Crippen LogP contribution is -2.02. The van der Waals surface area contributed by atoms with Crippen molar-refractivity contribution < 1.29 is 5.11 Å². The van der Waals surface area contributed by atoms with Gasteiger partial charge in [0.25, 0.3) is 0 Å². The molecule has 0 radical (unpaired) electrons. The van der Waals surface area contributed by atoms with Crippen molar-refractivity contribution in [2.75, 3.05) is 0 Å². The fraction of sp³-hybridized carbons (Fsp3) is 0.500. The van der Waals surface area contributed by atoms with Gasteiger partial charge >= 0.3 is 0 Å². The highest BCUT2D eigenvalue weighted by Gasteiger charge is 2.07. The van der Waals surface area contributed by atoms with E-state index in [1.54, 1.807) is 19.3 Å². The number of aromatic nitrogens is 2. The third kappa shape index (κ3) is 1.74. The predicted octanol–water partition coefficient (Wildman–Crippen LogP) is 1.09. The second kappa shape index (κ2) is 3.44. The largest absolute Gasteiger partial charge is 0.387 e. The minimum atomic E-state index is -0.515. The van der Waals surface area contributed by atoms with Crippen LogP contribution in [0.4, 0.5) is 0 Å². The van der Waals surface area contributed by atoms with Gasteiger partial charge in [0, 0.05) is 12.4 Å². The summed E-state index contributed by atoms with van der Waals surface area (Å²) in [5, 5.41) is 9.23. The first kappa shape index (κ1) is 8.14. The van der Waals surface area contributed by atoms with Gasteiger partial charge in [0.15, 0.2) is 0 Å². The molecule has 0 saturated heterocycles. The van der Waals surface area contributed by atoms with Crippen molar-refractivity contribution in [1.82, 2.24) is 9.97 Å². The zero-order valence-electron chi connectivity index (χ0n) is 6.78. The zero-order valence-corrected chi connectivity index (χ0v) is 6.78. The van der Waals surface area contributed by atoms with Crippen molar-refractivity contribution in [2.24, 2.45) is 0 Å². The van der Waals surface area contributed by atoms with Gasteiger partial charge in [-0.15, -0.1) is 0 Å². The van der Waals surface area contributed by atoms with Crippen LogP contribution in [0, 0.1) is 0 Å². The molecular weight excluding hydrogens is 140 g/mol. The molecule has 0 aliphatic heterocycles. The monoisotopic (exact) mass is 152 g/mol. The number of aliphatic hydroxyl groups is 1. The first-order chi connectivity index (χ1) is 5.25. The van der Waals surface area contributed by atoms with Crippen LogP contribution in [-0.2, 0) is 6.42 Å². The van der Waals surface area contributed by atoms with Crippen LogP contribution in [0.1, 0.15) is 31.3 Å². The number of hydrogen-bond donors (Lipinski definition) is 1. The Labute approximate surface area is 66.1 Å². The van der Waals surface area contributed by atoms with Gasteiger partial charge in [-0.25, -0.2) is 0 Å². The molecule has 0 spiro atoms. The molecule has 3 heteroatoms. The Balaban J connectivity index is 3.02. The molecule has 0 amide bonds. The maximum absolute atomic E-state index is 9.23. The van der Waals surface area contributed by atoms with Gasteiger partial charge < -0.3 is 5.11 Å². The third-order valence-corrected chi connectivity index (χ3v) is 1.54. The number of aliphatic hydroxyl groups excluding tert-OH is 1. The lowest BCUT2D eigenvalue weighted by atomic mass is 10.2. The second-order valence-electron chi connectivity index (χ2n) is 2.42. The Kier molecular flexibility index (Phi) is 2.54. The highest BCUT2D eigenvalue weighted by atomic mass is 16.3. The van der Waals surface area contributed by atoms with E-state index in [0.29, 0.717) is 5.69 Å². The summed E-state index contributed by atoms with van der Waals surface area (Å²) in [5.74, 6) is 0. The SMILES string of the molecule is CCc1nccnc1C(C)O. The second-order valence-corrected chi connectivity index (χ2v) is 2.42. The van der Waals surface area contributed by atoms with Crippen LogP contribution in [0.5, 0.6) is 0 Å². The van der Waals surface area contributed by atoms with E-state index >= 15 is 0 Å². The lowest BCUT2D eigenvalue weighted by Gasteiger charge is -2.06. The Morgan fingerprint density at radius 2 is 2.09 bits per heavy atom. The quantitative estimate of drug-likeness (QED) is 0.690. The van der Waals surface area contributed by atoms with Crippen LogP contribution in [-0.4, -0.2) is 15.1 Å². The lowest BCUT2D eigenvalue weighted by molar-refractivity contribution is 0.192. The Hall–Kier alpha value is -0.960. The Morgan fingerprint density at radius 1 is 1.45 bits per heavy atom. The van der Waals surface area contributed by atoms with E-state index in [-0.39, 0.29) is 0 Å². The van der Waals surface area contributed by atoms with E-state index in [0.717, 1.165) is 12.1 Å². The van der Waals surface area contributed by atoms with Crippen LogP contribution in [0.25, 0.3) is 0 Å². The summed E-state index contributed by atoms with van der Waals surface area (Å²) in [6.07, 6.45) is 3.54. The molecule has 3 nitrogen and oxygen atoms in total. The highest BCUT2D eigenvalue weighted by Crippen LogP contribution is 2.11. The summed E-state index contributed by atoms with van der Waals surface area (Å²) >= 11 is 0. The summed E-state index contributed by atoms with van der Waals surface area (Å²) in [5.41, 5.74) is 1.57. The average molecular weight is 152 g/mol. The molecule has 1 unspecified atom stereocenters. The van der Waals surface area contributed by atoms with E-state index < -0.39 is 6.10 Å². The molecule has 1 aromatic rings. The molecular formula is C8H12N2O. The number of nitrogens with zero attached hydrogens (tertiary/aromatic N) is 2. The number of rotatable bonds is 2. The minimum absolute atomic E-state index is 0.515. The number of hydrogen-bond acceptors (Lipinski definition) is 3. The molecule has 0 saturated carbocycles. The van der Waals surface area contributed by atoms with Crippen LogP contribution < -0.4 is 0 Å².